The van der Waals surface area contributed by atoms with Gasteiger partial charge in [-0.15, -0.1) is 11.3 Å². The predicted octanol–water partition coefficient (Wildman–Crippen LogP) is 4.31. The first kappa shape index (κ1) is 17.2. The van der Waals surface area contributed by atoms with E-state index in [1.54, 1.807) is 17.4 Å². The quantitative estimate of drug-likeness (QED) is 0.769. The molecular formula is C18H19BrN2O2S. The largest absolute Gasteiger partial charge is 0.378 e. The van der Waals surface area contributed by atoms with Crippen molar-refractivity contribution in [2.75, 3.05) is 36.5 Å². The Hall–Kier alpha value is -1.63. The van der Waals surface area contributed by atoms with E-state index in [1.165, 1.54) is 5.69 Å². The van der Waals surface area contributed by atoms with Gasteiger partial charge in [-0.2, -0.15) is 0 Å². The number of amides is 1. The topological polar surface area (TPSA) is 41.6 Å². The van der Waals surface area contributed by atoms with Gasteiger partial charge in [0.1, 0.15) is 0 Å². The monoisotopic (exact) mass is 406 g/mol. The van der Waals surface area contributed by atoms with E-state index >= 15 is 0 Å². The SMILES string of the molecule is Cc1cc(N2CCOCC2)ccc1NC(=O)/C=C/c1ccc(Br)s1. The third-order valence-electron chi connectivity index (χ3n) is 3.84. The second-order valence-electron chi connectivity index (χ2n) is 5.56. The molecule has 0 spiro atoms. The Bertz CT molecular complexity index is 751. The van der Waals surface area contributed by atoms with E-state index in [9.17, 15) is 4.79 Å². The summed E-state index contributed by atoms with van der Waals surface area (Å²) in [4.78, 5) is 15.4. The molecule has 0 radical (unpaired) electrons. The van der Waals surface area contributed by atoms with Crippen LogP contribution in [0.2, 0.25) is 0 Å². The number of nitrogens with one attached hydrogen (secondary N) is 1. The van der Waals surface area contributed by atoms with Crippen molar-refractivity contribution in [2.45, 2.75) is 6.92 Å². The molecule has 1 N–H and O–H groups in total. The minimum atomic E-state index is -0.123. The molecule has 6 heteroatoms. The summed E-state index contributed by atoms with van der Waals surface area (Å²) in [6, 6.07) is 10.1. The van der Waals surface area contributed by atoms with Crippen LogP contribution in [-0.2, 0) is 9.53 Å². The highest BCUT2D eigenvalue weighted by Crippen LogP contribution is 2.24. The van der Waals surface area contributed by atoms with Crippen LogP contribution in [0.4, 0.5) is 11.4 Å². The molecule has 4 nitrogen and oxygen atoms in total. The molecule has 3 rings (SSSR count). The number of morpholine rings is 1. The van der Waals surface area contributed by atoms with Gasteiger partial charge in [-0.3, -0.25) is 4.79 Å². The summed E-state index contributed by atoms with van der Waals surface area (Å²) in [7, 11) is 0. The zero-order chi connectivity index (χ0) is 16.9. The maximum atomic E-state index is 12.1. The smallest absolute Gasteiger partial charge is 0.248 e. The van der Waals surface area contributed by atoms with Gasteiger partial charge in [0.15, 0.2) is 0 Å². The van der Waals surface area contributed by atoms with E-state index in [0.29, 0.717) is 0 Å². The van der Waals surface area contributed by atoms with E-state index in [2.05, 4.69) is 32.2 Å². The fourth-order valence-corrected chi connectivity index (χ4v) is 3.88. The van der Waals surface area contributed by atoms with E-state index < -0.39 is 0 Å². The van der Waals surface area contributed by atoms with Crippen LogP contribution >= 0.6 is 27.3 Å². The Labute approximate surface area is 154 Å². The van der Waals surface area contributed by atoms with Crippen LogP contribution in [0.1, 0.15) is 10.4 Å². The molecule has 126 valence electrons. The second-order valence-corrected chi connectivity index (χ2v) is 8.06. The van der Waals surface area contributed by atoms with Crippen LogP contribution in [0.5, 0.6) is 0 Å². The molecule has 24 heavy (non-hydrogen) atoms. The summed E-state index contributed by atoms with van der Waals surface area (Å²) in [5.41, 5.74) is 3.07. The number of benzene rings is 1. The lowest BCUT2D eigenvalue weighted by Gasteiger charge is -2.29. The van der Waals surface area contributed by atoms with E-state index in [-0.39, 0.29) is 5.91 Å². The molecule has 0 bridgehead atoms. The van der Waals surface area contributed by atoms with Crippen LogP contribution in [0.3, 0.4) is 0 Å². The summed E-state index contributed by atoms with van der Waals surface area (Å²) in [5, 5.41) is 2.94. The number of halogens is 1. The van der Waals surface area contributed by atoms with Crippen molar-refractivity contribution >= 4 is 50.6 Å². The summed E-state index contributed by atoms with van der Waals surface area (Å²) in [5.74, 6) is -0.123. The third-order valence-corrected chi connectivity index (χ3v) is 5.43. The number of aryl methyl sites for hydroxylation is 1. The number of carbonyl (C=O) groups is 1. The molecule has 2 aromatic rings. The van der Waals surface area contributed by atoms with Crippen LogP contribution in [-0.4, -0.2) is 32.2 Å². The Morgan fingerprint density at radius 1 is 1.29 bits per heavy atom. The first-order valence-electron chi connectivity index (χ1n) is 7.79. The highest BCUT2D eigenvalue weighted by molar-refractivity contribution is 9.11. The Kier molecular flexibility index (Phi) is 5.71. The van der Waals surface area contributed by atoms with E-state index in [4.69, 9.17) is 4.74 Å². The summed E-state index contributed by atoms with van der Waals surface area (Å²) >= 11 is 5.01. The van der Waals surface area contributed by atoms with Gasteiger partial charge in [-0.1, -0.05) is 0 Å². The van der Waals surface area contributed by atoms with Crippen molar-refractivity contribution in [3.63, 3.8) is 0 Å². The number of ether oxygens (including phenoxy) is 1. The Balaban J connectivity index is 1.64. The van der Waals surface area contributed by atoms with E-state index in [1.807, 2.05) is 37.3 Å². The molecule has 1 aromatic heterocycles. The van der Waals surface area contributed by atoms with Gasteiger partial charge in [-0.05, 0) is 64.8 Å². The average molecular weight is 407 g/mol. The maximum absolute atomic E-state index is 12.1. The summed E-state index contributed by atoms with van der Waals surface area (Å²) < 4.78 is 6.44. The van der Waals surface area contributed by atoms with Gasteiger partial charge in [0, 0.05) is 35.4 Å². The maximum Gasteiger partial charge on any atom is 0.248 e. The lowest BCUT2D eigenvalue weighted by Crippen LogP contribution is -2.36. The Morgan fingerprint density at radius 2 is 2.08 bits per heavy atom. The van der Waals surface area contributed by atoms with Crippen molar-refractivity contribution in [2.24, 2.45) is 0 Å². The van der Waals surface area contributed by atoms with Gasteiger partial charge in [0.2, 0.25) is 5.91 Å². The Morgan fingerprint density at radius 3 is 2.75 bits per heavy atom. The number of nitrogens with zero attached hydrogens (tertiary/aromatic N) is 1. The minimum absolute atomic E-state index is 0.123. The first-order chi connectivity index (χ1) is 11.6. The number of rotatable bonds is 4. The average Bonchev–Trinajstić information content (AvgIpc) is 3.01. The molecular weight excluding hydrogens is 388 g/mol. The third kappa shape index (κ3) is 4.47. The number of thiophene rings is 1. The standard InChI is InChI=1S/C18H19BrN2O2S/c1-13-12-14(21-8-10-23-11-9-21)2-5-16(13)20-18(22)7-4-15-3-6-17(19)24-15/h2-7,12H,8-11H2,1H3,(H,20,22)/b7-4+. The van der Waals surface area contributed by atoms with Crippen molar-refractivity contribution < 1.29 is 9.53 Å². The highest BCUT2D eigenvalue weighted by Gasteiger charge is 2.12. The van der Waals surface area contributed by atoms with Gasteiger partial charge < -0.3 is 15.0 Å². The zero-order valence-corrected chi connectivity index (χ0v) is 15.8. The van der Waals surface area contributed by atoms with Crippen LogP contribution in [0, 0.1) is 6.92 Å². The number of hydrogen-bond donors (Lipinski definition) is 1. The first-order valence-corrected chi connectivity index (χ1v) is 9.40. The molecule has 1 saturated heterocycles. The molecule has 1 fully saturated rings. The van der Waals surface area contributed by atoms with Gasteiger partial charge in [0.25, 0.3) is 0 Å². The van der Waals surface area contributed by atoms with Crippen molar-refractivity contribution in [1.82, 2.24) is 0 Å². The van der Waals surface area contributed by atoms with Crippen molar-refractivity contribution in [3.8, 4) is 0 Å². The molecule has 0 unspecified atom stereocenters. The lowest BCUT2D eigenvalue weighted by atomic mass is 10.1. The van der Waals surface area contributed by atoms with Crippen LogP contribution in [0.25, 0.3) is 6.08 Å². The molecule has 0 saturated carbocycles. The molecule has 2 heterocycles. The fraction of sp³-hybridized carbons (Fsp3) is 0.278. The van der Waals surface area contributed by atoms with Gasteiger partial charge >= 0.3 is 0 Å². The van der Waals surface area contributed by atoms with Crippen LogP contribution in [0.15, 0.2) is 40.2 Å². The minimum Gasteiger partial charge on any atom is -0.378 e. The molecule has 1 aliphatic heterocycles. The van der Waals surface area contributed by atoms with Crippen molar-refractivity contribution in [3.05, 3.63) is 50.6 Å². The zero-order valence-electron chi connectivity index (χ0n) is 13.4. The molecule has 0 aliphatic carbocycles. The molecule has 1 aromatic carbocycles. The van der Waals surface area contributed by atoms with Gasteiger partial charge in [0.05, 0.1) is 17.0 Å². The second kappa shape index (κ2) is 7.96. The number of carbonyl (C=O) groups excluding carboxylic acids is 1. The number of anilines is 2. The molecule has 0 atom stereocenters. The highest BCUT2D eigenvalue weighted by atomic mass is 79.9. The van der Waals surface area contributed by atoms with Crippen LogP contribution < -0.4 is 10.2 Å². The van der Waals surface area contributed by atoms with Gasteiger partial charge in [-0.25, -0.2) is 0 Å². The normalized spacial score (nSPS) is 15.0. The molecule has 1 amide bonds. The number of hydrogen-bond acceptors (Lipinski definition) is 4. The predicted molar refractivity (Wildman–Crippen MR) is 104 cm³/mol. The summed E-state index contributed by atoms with van der Waals surface area (Å²) in [6.45, 7) is 5.36. The molecule has 1 aliphatic rings. The summed E-state index contributed by atoms with van der Waals surface area (Å²) in [6.07, 6.45) is 3.38. The van der Waals surface area contributed by atoms with Crippen molar-refractivity contribution in [1.29, 1.82) is 0 Å². The lowest BCUT2D eigenvalue weighted by molar-refractivity contribution is -0.111. The van der Waals surface area contributed by atoms with E-state index in [0.717, 1.165) is 46.2 Å². The fourth-order valence-electron chi connectivity index (χ4n) is 2.56.